The van der Waals surface area contributed by atoms with Crippen LogP contribution in [-0.4, -0.2) is 76.2 Å². The highest BCUT2D eigenvalue weighted by Gasteiger charge is 2.21. The van der Waals surface area contributed by atoms with Crippen LogP contribution >= 0.6 is 0 Å². The Morgan fingerprint density at radius 1 is 0.889 bits per heavy atom. The summed E-state index contributed by atoms with van der Waals surface area (Å²) in [6.45, 7) is 3.72. The molecule has 3 N–H and O–H groups in total. The number of carbonyl (C=O) groups excluding carboxylic acids is 1. The Morgan fingerprint density at radius 3 is 2.33 bits per heavy atom. The lowest BCUT2D eigenvalue weighted by Crippen LogP contribution is -2.44. The summed E-state index contributed by atoms with van der Waals surface area (Å²) in [4.78, 5) is 33.5. The van der Waals surface area contributed by atoms with E-state index in [1.54, 1.807) is 12.1 Å². The summed E-state index contributed by atoms with van der Waals surface area (Å²) >= 11 is 0. The lowest BCUT2D eigenvalue weighted by Gasteiger charge is -2.34. The van der Waals surface area contributed by atoms with Crippen LogP contribution in [0, 0.1) is 0 Å². The van der Waals surface area contributed by atoms with E-state index in [4.69, 9.17) is 9.72 Å². The average molecular weight is 483 g/mol. The molecule has 1 saturated heterocycles. The fourth-order valence-corrected chi connectivity index (χ4v) is 4.66. The summed E-state index contributed by atoms with van der Waals surface area (Å²) in [6, 6.07) is 16.7. The van der Waals surface area contributed by atoms with Gasteiger partial charge in [-0.2, -0.15) is 0 Å². The summed E-state index contributed by atoms with van der Waals surface area (Å²) in [5, 5.41) is 9.56. The number of ether oxygens (including phenoxy) is 1. The molecule has 5 aromatic rings. The fourth-order valence-electron chi connectivity index (χ4n) is 4.66. The number of hydrogen-bond acceptors (Lipinski definition) is 7. The Labute approximate surface area is 207 Å². The Hall–Kier alpha value is -4.37. The second-order valence-corrected chi connectivity index (χ2v) is 9.12. The van der Waals surface area contributed by atoms with Crippen LogP contribution in [-0.2, 0) is 4.74 Å². The highest BCUT2D eigenvalue weighted by molar-refractivity contribution is 6.04. The summed E-state index contributed by atoms with van der Waals surface area (Å²) in [5.41, 5.74) is 6.25. The molecule has 0 radical (unpaired) electrons. The summed E-state index contributed by atoms with van der Waals surface area (Å²) in [6.07, 6.45) is 0. The van der Waals surface area contributed by atoms with E-state index in [-0.39, 0.29) is 5.75 Å². The van der Waals surface area contributed by atoms with E-state index in [1.165, 1.54) is 7.11 Å². The van der Waals surface area contributed by atoms with E-state index in [2.05, 4.69) is 37.9 Å². The number of phenolic OH excluding ortho intramolecular Hbond substituents is 1. The topological polar surface area (TPSA) is 110 Å². The van der Waals surface area contributed by atoms with E-state index >= 15 is 0 Å². The van der Waals surface area contributed by atoms with Gasteiger partial charge in [-0.3, -0.25) is 0 Å². The number of likely N-dealkylation sites (N-methyl/N-ethyl adjacent to an activating group) is 1. The zero-order valence-electron chi connectivity index (χ0n) is 20.1. The van der Waals surface area contributed by atoms with Crippen molar-refractivity contribution in [2.24, 2.45) is 0 Å². The zero-order chi connectivity index (χ0) is 24.8. The number of esters is 1. The molecule has 0 atom stereocenters. The minimum absolute atomic E-state index is 0.212. The summed E-state index contributed by atoms with van der Waals surface area (Å²) in [7, 11) is 3.51. The zero-order valence-corrected chi connectivity index (χ0v) is 20.1. The largest absolute Gasteiger partial charge is 0.508 e. The predicted octanol–water partition coefficient (Wildman–Crippen LogP) is 4.02. The second-order valence-electron chi connectivity index (χ2n) is 9.12. The monoisotopic (exact) mass is 482 g/mol. The maximum atomic E-state index is 12.7. The molecule has 2 aromatic heterocycles. The Morgan fingerprint density at radius 2 is 1.58 bits per heavy atom. The van der Waals surface area contributed by atoms with E-state index < -0.39 is 5.97 Å². The molecule has 182 valence electrons. The van der Waals surface area contributed by atoms with Crippen LogP contribution in [0.1, 0.15) is 10.4 Å². The number of aromatic hydroxyl groups is 1. The van der Waals surface area contributed by atoms with Gasteiger partial charge in [-0.05, 0) is 61.6 Å². The van der Waals surface area contributed by atoms with Gasteiger partial charge >= 0.3 is 5.97 Å². The maximum Gasteiger partial charge on any atom is 0.340 e. The van der Waals surface area contributed by atoms with Gasteiger partial charge < -0.3 is 29.6 Å². The number of fused-ring (bicyclic) bond motifs is 2. The molecule has 0 saturated carbocycles. The van der Waals surface area contributed by atoms with Crippen molar-refractivity contribution in [1.82, 2.24) is 24.8 Å². The first kappa shape index (κ1) is 22.1. The van der Waals surface area contributed by atoms with Crippen molar-refractivity contribution >= 4 is 33.7 Å². The van der Waals surface area contributed by atoms with Crippen molar-refractivity contribution in [3.05, 3.63) is 60.2 Å². The summed E-state index contributed by atoms with van der Waals surface area (Å²) < 4.78 is 5.08. The molecule has 0 amide bonds. The number of imidazole rings is 2. The van der Waals surface area contributed by atoms with E-state index in [1.807, 2.05) is 36.4 Å². The maximum absolute atomic E-state index is 12.7. The van der Waals surface area contributed by atoms with Gasteiger partial charge in [0.1, 0.15) is 22.9 Å². The average Bonchev–Trinajstić information content (AvgIpc) is 3.52. The standard InChI is InChI=1S/C27H26N6O3/c1-32-9-11-33(12-10-32)18-14-20(27(35)36-2)24-23(15-18)30-26(31-24)17-5-8-21-22(13-17)29-25(28-21)16-3-6-19(34)7-4-16/h3-8,13-15,34H,9-12H2,1-2H3,(H,28,29)(H,30,31). The first-order chi connectivity index (χ1) is 17.5. The van der Waals surface area contributed by atoms with Gasteiger partial charge in [0.2, 0.25) is 0 Å². The third-order valence-electron chi connectivity index (χ3n) is 6.74. The van der Waals surface area contributed by atoms with Crippen molar-refractivity contribution < 1.29 is 14.6 Å². The van der Waals surface area contributed by atoms with Crippen molar-refractivity contribution in [2.75, 3.05) is 45.2 Å². The van der Waals surface area contributed by atoms with Gasteiger partial charge in [0.25, 0.3) is 0 Å². The molecule has 9 nitrogen and oxygen atoms in total. The van der Waals surface area contributed by atoms with E-state index in [9.17, 15) is 9.90 Å². The number of H-pyrrole nitrogens is 2. The molecule has 1 fully saturated rings. The SMILES string of the molecule is COC(=O)c1cc(N2CCN(C)CC2)cc2[nH]c(-c3ccc4nc(-c5ccc(O)cc5)[nH]c4c3)nc12. The molecule has 0 unspecified atom stereocenters. The number of hydrogen-bond donors (Lipinski definition) is 3. The molecular formula is C27H26N6O3. The second kappa shape index (κ2) is 8.69. The number of nitrogens with one attached hydrogen (secondary N) is 2. The summed E-state index contributed by atoms with van der Waals surface area (Å²) in [5.74, 6) is 1.19. The lowest BCUT2D eigenvalue weighted by atomic mass is 10.1. The molecule has 1 aliphatic rings. The molecule has 3 heterocycles. The van der Waals surface area contributed by atoms with Crippen molar-refractivity contribution in [1.29, 1.82) is 0 Å². The number of methoxy groups -OCH3 is 1. The van der Waals surface area contributed by atoms with Crippen molar-refractivity contribution in [3.63, 3.8) is 0 Å². The number of benzene rings is 3. The van der Waals surface area contributed by atoms with Gasteiger partial charge in [0.05, 0.1) is 29.2 Å². The molecule has 36 heavy (non-hydrogen) atoms. The van der Waals surface area contributed by atoms with Crippen LogP contribution in [0.15, 0.2) is 54.6 Å². The highest BCUT2D eigenvalue weighted by Crippen LogP contribution is 2.31. The first-order valence-corrected chi connectivity index (χ1v) is 11.8. The molecule has 3 aromatic carbocycles. The van der Waals surface area contributed by atoms with Crippen LogP contribution in [0.4, 0.5) is 5.69 Å². The fraction of sp³-hybridized carbons (Fsp3) is 0.222. The Balaban J connectivity index is 1.40. The number of aromatic amines is 2. The predicted molar refractivity (Wildman–Crippen MR) is 139 cm³/mol. The molecule has 9 heteroatoms. The number of nitrogens with zero attached hydrogens (tertiary/aromatic N) is 4. The molecule has 6 rings (SSSR count). The molecule has 1 aliphatic heterocycles. The number of rotatable bonds is 4. The van der Waals surface area contributed by atoms with Crippen LogP contribution in [0.25, 0.3) is 44.8 Å². The van der Waals surface area contributed by atoms with Gasteiger partial charge in [-0.1, -0.05) is 0 Å². The molecule has 0 spiro atoms. The normalized spacial score (nSPS) is 14.6. The highest BCUT2D eigenvalue weighted by atomic mass is 16.5. The van der Waals surface area contributed by atoms with Gasteiger partial charge in [-0.15, -0.1) is 0 Å². The van der Waals surface area contributed by atoms with Crippen LogP contribution in [0.2, 0.25) is 0 Å². The van der Waals surface area contributed by atoms with Crippen molar-refractivity contribution in [3.8, 4) is 28.5 Å². The smallest absolute Gasteiger partial charge is 0.340 e. The van der Waals surface area contributed by atoms with Crippen LogP contribution in [0.3, 0.4) is 0 Å². The van der Waals surface area contributed by atoms with Gasteiger partial charge in [-0.25, -0.2) is 14.8 Å². The Bertz CT molecular complexity index is 1580. The number of carbonyl (C=O) groups is 1. The minimum Gasteiger partial charge on any atom is -0.508 e. The minimum atomic E-state index is -0.406. The van der Waals surface area contributed by atoms with E-state index in [0.29, 0.717) is 16.9 Å². The Kier molecular flexibility index (Phi) is 5.34. The van der Waals surface area contributed by atoms with Gasteiger partial charge in [0.15, 0.2) is 0 Å². The molecule has 0 aliphatic carbocycles. The lowest BCUT2D eigenvalue weighted by molar-refractivity contribution is 0.0603. The van der Waals surface area contributed by atoms with Crippen LogP contribution in [0.5, 0.6) is 5.75 Å². The number of aromatic nitrogens is 4. The molecular weight excluding hydrogens is 456 g/mol. The number of phenols is 1. The third kappa shape index (κ3) is 3.93. The van der Waals surface area contributed by atoms with Gasteiger partial charge in [0, 0.05) is 43.0 Å². The van der Waals surface area contributed by atoms with E-state index in [0.717, 1.165) is 65.4 Å². The number of piperazine rings is 1. The molecule has 0 bridgehead atoms. The van der Waals surface area contributed by atoms with Crippen LogP contribution < -0.4 is 4.90 Å². The first-order valence-electron chi connectivity index (χ1n) is 11.8. The third-order valence-corrected chi connectivity index (χ3v) is 6.74. The number of anilines is 1. The quantitative estimate of drug-likeness (QED) is 0.332. The van der Waals surface area contributed by atoms with Crippen molar-refractivity contribution in [2.45, 2.75) is 0 Å².